The molecule has 0 nitrogen and oxygen atoms in total. The molecule has 0 radical (unpaired) electrons. The summed E-state index contributed by atoms with van der Waals surface area (Å²) in [6, 6.07) is 0. The monoisotopic (exact) mass is 162 g/mol. The zero-order valence-corrected chi connectivity index (χ0v) is 6.20. The van der Waals surface area contributed by atoms with Crippen LogP contribution in [0.4, 0.5) is 13.2 Å². The van der Waals surface area contributed by atoms with Gasteiger partial charge in [-0.3, -0.25) is 0 Å². The smallest absolute Gasteiger partial charge is 0.166 e. The molecule has 0 saturated carbocycles. The van der Waals surface area contributed by atoms with E-state index >= 15 is 0 Å². The number of hydrogen-bond donors (Lipinski definition) is 0. The van der Waals surface area contributed by atoms with Crippen LogP contribution in [0, 0.1) is 0 Å². The Balaban J connectivity index is 2.77. The van der Waals surface area contributed by atoms with Crippen LogP contribution in [-0.2, 0) is 0 Å². The van der Waals surface area contributed by atoms with E-state index in [0.29, 0.717) is 6.42 Å². The van der Waals surface area contributed by atoms with Crippen molar-refractivity contribution in [2.75, 3.05) is 0 Å². The Morgan fingerprint density at radius 3 is 2.18 bits per heavy atom. The maximum Gasteiger partial charge on any atom is 0.412 e. The highest BCUT2D eigenvalue weighted by Gasteiger charge is 2.33. The van der Waals surface area contributed by atoms with Gasteiger partial charge in [-0.15, -0.1) is 0 Å². The van der Waals surface area contributed by atoms with Gasteiger partial charge in [0.2, 0.25) is 0 Å². The summed E-state index contributed by atoms with van der Waals surface area (Å²) < 4.78 is 35.9. The molecule has 0 N–H and O–H groups in total. The average Bonchev–Trinajstić information content (AvgIpc) is 1.86. The van der Waals surface area contributed by atoms with Gasteiger partial charge >= 0.3 is 6.18 Å². The van der Waals surface area contributed by atoms with Gasteiger partial charge < -0.3 is 0 Å². The van der Waals surface area contributed by atoms with Crippen LogP contribution in [0.1, 0.15) is 19.8 Å². The third kappa shape index (κ3) is 2.10. The molecule has 0 aromatic heterocycles. The fraction of sp³-hybridized carbons (Fsp3) is 0.500. The highest BCUT2D eigenvalue weighted by atomic mass is 19.4. The molecular formula is C8H9F3. The SMILES string of the molecule is CC1=CC=C(C(F)(F)F)CC1. The van der Waals surface area contributed by atoms with Gasteiger partial charge in [0, 0.05) is 5.57 Å². The highest BCUT2D eigenvalue weighted by molar-refractivity contribution is 5.25. The summed E-state index contributed by atoms with van der Waals surface area (Å²) in [4.78, 5) is 0. The first-order valence-corrected chi connectivity index (χ1v) is 3.43. The average molecular weight is 162 g/mol. The molecule has 0 spiro atoms. The first-order valence-electron chi connectivity index (χ1n) is 3.43. The molecule has 0 heterocycles. The fourth-order valence-electron chi connectivity index (χ4n) is 0.978. The Morgan fingerprint density at radius 2 is 1.82 bits per heavy atom. The van der Waals surface area contributed by atoms with Crippen molar-refractivity contribution >= 4 is 0 Å². The van der Waals surface area contributed by atoms with Crippen molar-refractivity contribution in [1.82, 2.24) is 0 Å². The summed E-state index contributed by atoms with van der Waals surface area (Å²) in [7, 11) is 0. The van der Waals surface area contributed by atoms with Gasteiger partial charge in [0.05, 0.1) is 0 Å². The summed E-state index contributed by atoms with van der Waals surface area (Å²) in [6.07, 6.45) is -0.764. The van der Waals surface area contributed by atoms with E-state index in [2.05, 4.69) is 0 Å². The molecule has 0 bridgehead atoms. The molecule has 1 aliphatic carbocycles. The van der Waals surface area contributed by atoms with E-state index in [1.54, 1.807) is 0 Å². The molecule has 3 heteroatoms. The van der Waals surface area contributed by atoms with Gasteiger partial charge in [0.1, 0.15) is 0 Å². The van der Waals surface area contributed by atoms with Crippen molar-refractivity contribution in [2.24, 2.45) is 0 Å². The quantitative estimate of drug-likeness (QED) is 0.513. The van der Waals surface area contributed by atoms with Crippen LogP contribution in [0.5, 0.6) is 0 Å². The molecule has 11 heavy (non-hydrogen) atoms. The molecule has 0 aromatic carbocycles. The fourth-order valence-corrected chi connectivity index (χ4v) is 0.978. The van der Waals surface area contributed by atoms with Crippen LogP contribution in [0.25, 0.3) is 0 Å². The third-order valence-corrected chi connectivity index (χ3v) is 1.72. The Bertz CT molecular complexity index is 208. The summed E-state index contributed by atoms with van der Waals surface area (Å²) in [6.45, 7) is 1.84. The lowest BCUT2D eigenvalue weighted by Gasteiger charge is -2.14. The van der Waals surface area contributed by atoms with Crippen LogP contribution < -0.4 is 0 Å². The molecule has 1 aliphatic rings. The molecule has 62 valence electrons. The Labute approximate surface area is 63.4 Å². The second-order valence-electron chi connectivity index (χ2n) is 2.70. The van der Waals surface area contributed by atoms with Gasteiger partial charge in [0.15, 0.2) is 0 Å². The van der Waals surface area contributed by atoms with E-state index in [-0.39, 0.29) is 6.42 Å². The first-order chi connectivity index (χ1) is 5.00. The van der Waals surface area contributed by atoms with Gasteiger partial charge in [-0.25, -0.2) is 0 Å². The van der Waals surface area contributed by atoms with Crippen molar-refractivity contribution in [3.8, 4) is 0 Å². The molecule has 0 unspecified atom stereocenters. The van der Waals surface area contributed by atoms with Crippen LogP contribution in [-0.4, -0.2) is 6.18 Å². The van der Waals surface area contributed by atoms with Gasteiger partial charge in [-0.1, -0.05) is 17.7 Å². The van der Waals surface area contributed by atoms with E-state index in [9.17, 15) is 13.2 Å². The lowest BCUT2D eigenvalue weighted by Crippen LogP contribution is -2.13. The maximum atomic E-state index is 12.0. The number of allylic oxidation sites excluding steroid dienone is 4. The number of hydrogen-bond acceptors (Lipinski definition) is 0. The lowest BCUT2D eigenvalue weighted by molar-refractivity contribution is -0.0941. The van der Waals surface area contributed by atoms with Crippen molar-refractivity contribution in [3.05, 3.63) is 23.3 Å². The normalized spacial score (nSPS) is 19.3. The van der Waals surface area contributed by atoms with Crippen LogP contribution in [0.15, 0.2) is 23.3 Å². The molecule has 0 aromatic rings. The van der Waals surface area contributed by atoms with E-state index in [4.69, 9.17) is 0 Å². The summed E-state index contributed by atoms with van der Waals surface area (Å²) in [5.41, 5.74) is 0.598. The molecule has 0 saturated heterocycles. The predicted molar refractivity (Wildman–Crippen MR) is 37.1 cm³/mol. The zero-order valence-electron chi connectivity index (χ0n) is 6.20. The Kier molecular flexibility index (Phi) is 2.07. The lowest BCUT2D eigenvalue weighted by atomic mass is 9.99. The van der Waals surface area contributed by atoms with Crippen molar-refractivity contribution < 1.29 is 13.2 Å². The maximum absolute atomic E-state index is 12.0. The number of alkyl halides is 3. The van der Waals surface area contributed by atoms with Gasteiger partial charge in [0.25, 0.3) is 0 Å². The van der Waals surface area contributed by atoms with Crippen molar-refractivity contribution in [1.29, 1.82) is 0 Å². The predicted octanol–water partition coefficient (Wildman–Crippen LogP) is 3.22. The minimum atomic E-state index is -4.13. The minimum Gasteiger partial charge on any atom is -0.166 e. The Morgan fingerprint density at radius 1 is 1.18 bits per heavy atom. The van der Waals surface area contributed by atoms with Gasteiger partial charge in [-0.05, 0) is 19.8 Å². The molecule has 0 amide bonds. The van der Waals surface area contributed by atoms with Crippen molar-refractivity contribution in [2.45, 2.75) is 25.9 Å². The molecular weight excluding hydrogens is 153 g/mol. The standard InChI is InChI=1S/C8H9F3/c1-6-2-4-7(5-3-6)8(9,10)11/h2,4H,3,5H2,1H3. The van der Waals surface area contributed by atoms with E-state index in [1.807, 2.05) is 6.92 Å². The second-order valence-corrected chi connectivity index (χ2v) is 2.70. The van der Waals surface area contributed by atoms with E-state index < -0.39 is 11.7 Å². The summed E-state index contributed by atoms with van der Waals surface area (Å²) >= 11 is 0. The van der Waals surface area contributed by atoms with Crippen LogP contribution in [0.2, 0.25) is 0 Å². The molecule has 0 atom stereocenters. The molecule has 0 fully saturated rings. The highest BCUT2D eigenvalue weighted by Crippen LogP contribution is 2.32. The molecule has 1 rings (SSSR count). The van der Waals surface area contributed by atoms with Crippen molar-refractivity contribution in [3.63, 3.8) is 0 Å². The Hall–Kier alpha value is -0.730. The first kappa shape index (κ1) is 8.37. The summed E-state index contributed by atoms with van der Waals surface area (Å²) in [5, 5.41) is 0. The van der Waals surface area contributed by atoms with E-state index in [1.165, 1.54) is 12.2 Å². The number of rotatable bonds is 0. The van der Waals surface area contributed by atoms with Crippen LogP contribution >= 0.6 is 0 Å². The van der Waals surface area contributed by atoms with Gasteiger partial charge in [-0.2, -0.15) is 13.2 Å². The second kappa shape index (κ2) is 2.72. The third-order valence-electron chi connectivity index (χ3n) is 1.72. The topological polar surface area (TPSA) is 0 Å². The largest absolute Gasteiger partial charge is 0.412 e. The number of halogens is 3. The van der Waals surface area contributed by atoms with E-state index in [0.717, 1.165) is 5.57 Å². The summed E-state index contributed by atoms with van der Waals surface area (Å²) in [5.74, 6) is 0. The minimum absolute atomic E-state index is 0.131. The van der Waals surface area contributed by atoms with Crippen LogP contribution in [0.3, 0.4) is 0 Å². The zero-order chi connectivity index (χ0) is 8.48. The molecule has 0 aliphatic heterocycles.